The highest BCUT2D eigenvalue weighted by Gasteiger charge is 2.53. The lowest BCUT2D eigenvalue weighted by atomic mass is 9.65. The number of benzene rings is 1. The second-order valence-corrected chi connectivity index (χ2v) is 14.4. The van der Waals surface area contributed by atoms with Crippen molar-refractivity contribution in [1.29, 1.82) is 0 Å². The van der Waals surface area contributed by atoms with Crippen molar-refractivity contribution in [3.8, 4) is 0 Å². The first-order chi connectivity index (χ1) is 12.8. The van der Waals surface area contributed by atoms with Crippen LogP contribution in [0, 0.1) is 11.8 Å². The van der Waals surface area contributed by atoms with Gasteiger partial charge in [0.15, 0.2) is 17.9 Å². The molecule has 4 rings (SSSR count). The summed E-state index contributed by atoms with van der Waals surface area (Å²) in [5, 5.41) is 0. The zero-order valence-corrected chi connectivity index (χ0v) is 17.5. The van der Waals surface area contributed by atoms with Gasteiger partial charge in [-0.25, -0.2) is 0 Å². The molecule has 1 aliphatic heterocycles. The number of fused-ring (bicyclic) bond motifs is 4. The maximum Gasteiger partial charge on any atom is 0.170 e. The molecule has 0 aromatic heterocycles. The average Bonchev–Trinajstić information content (AvgIpc) is 2.64. The fourth-order valence-electron chi connectivity index (χ4n) is 5.02. The summed E-state index contributed by atoms with van der Waals surface area (Å²) in [4.78, 5) is 26.5. The summed E-state index contributed by atoms with van der Waals surface area (Å²) in [5.74, 6) is -0.604. The van der Waals surface area contributed by atoms with E-state index in [4.69, 9.17) is 9.47 Å². The predicted molar refractivity (Wildman–Crippen MR) is 107 cm³/mol. The van der Waals surface area contributed by atoms with Crippen molar-refractivity contribution in [1.82, 2.24) is 0 Å². The summed E-state index contributed by atoms with van der Waals surface area (Å²) in [6.45, 7) is 9.63. The second-order valence-electron chi connectivity index (χ2n) is 8.94. The van der Waals surface area contributed by atoms with Crippen LogP contribution in [0.5, 0.6) is 0 Å². The van der Waals surface area contributed by atoms with Crippen LogP contribution in [-0.2, 0) is 9.47 Å². The van der Waals surface area contributed by atoms with Gasteiger partial charge < -0.3 is 9.47 Å². The third kappa shape index (κ3) is 3.06. The van der Waals surface area contributed by atoms with Crippen molar-refractivity contribution in [2.45, 2.75) is 57.3 Å². The Kier molecular flexibility index (Phi) is 4.73. The molecule has 1 heterocycles. The molecule has 4 nitrogen and oxygen atoms in total. The highest BCUT2D eigenvalue weighted by atomic mass is 28.3. The molecule has 1 fully saturated rings. The maximum absolute atomic E-state index is 13.4. The van der Waals surface area contributed by atoms with Crippen LogP contribution in [0.2, 0.25) is 25.2 Å². The molecule has 1 aromatic carbocycles. The second kappa shape index (κ2) is 6.80. The highest BCUT2D eigenvalue weighted by molar-refractivity contribution is 6.78. The Morgan fingerprint density at radius 1 is 1.11 bits per heavy atom. The van der Waals surface area contributed by atoms with E-state index in [0.29, 0.717) is 29.7 Å². The van der Waals surface area contributed by atoms with Gasteiger partial charge in [-0.3, -0.25) is 9.59 Å². The summed E-state index contributed by atoms with van der Waals surface area (Å²) in [7, 11) is -1.53. The number of carbonyl (C=O) groups excluding carboxylic acids is 2. The molecule has 144 valence electrons. The summed E-state index contributed by atoms with van der Waals surface area (Å²) in [6.07, 6.45) is 3.06. The summed E-state index contributed by atoms with van der Waals surface area (Å²) in [6, 6.07) is 7.22. The van der Waals surface area contributed by atoms with Crippen molar-refractivity contribution in [3.05, 3.63) is 47.0 Å². The van der Waals surface area contributed by atoms with E-state index in [0.717, 1.165) is 6.42 Å². The molecule has 0 saturated carbocycles. The van der Waals surface area contributed by atoms with Gasteiger partial charge in [-0.2, -0.15) is 0 Å². The fourth-order valence-corrected chi connectivity index (χ4v) is 7.21. The van der Waals surface area contributed by atoms with Crippen LogP contribution in [0.1, 0.15) is 40.5 Å². The van der Waals surface area contributed by atoms with Gasteiger partial charge in [-0.15, -0.1) is 0 Å². The van der Waals surface area contributed by atoms with E-state index < -0.39 is 14.0 Å². The molecule has 0 unspecified atom stereocenters. The smallest absolute Gasteiger partial charge is 0.170 e. The summed E-state index contributed by atoms with van der Waals surface area (Å²) in [5.41, 5.74) is 2.77. The molecule has 0 N–H and O–H groups in total. The van der Waals surface area contributed by atoms with Crippen LogP contribution in [0.4, 0.5) is 0 Å². The molecule has 2 aliphatic carbocycles. The molecule has 5 atom stereocenters. The van der Waals surface area contributed by atoms with Gasteiger partial charge in [0.25, 0.3) is 0 Å². The van der Waals surface area contributed by atoms with Gasteiger partial charge >= 0.3 is 0 Å². The third-order valence-corrected chi connectivity index (χ3v) is 8.98. The first kappa shape index (κ1) is 18.8. The van der Waals surface area contributed by atoms with Crippen molar-refractivity contribution >= 4 is 19.6 Å². The minimum atomic E-state index is -1.53. The quantitative estimate of drug-likeness (QED) is 0.569. The Bertz CT molecular complexity index is 807. The Hall–Kier alpha value is -1.56. The maximum atomic E-state index is 13.4. The molecule has 0 amide bonds. The molecular weight excluding hydrogens is 356 g/mol. The van der Waals surface area contributed by atoms with E-state index in [2.05, 4.69) is 25.7 Å². The van der Waals surface area contributed by atoms with Crippen LogP contribution in [0.3, 0.4) is 0 Å². The van der Waals surface area contributed by atoms with Crippen molar-refractivity contribution in [3.63, 3.8) is 0 Å². The summed E-state index contributed by atoms with van der Waals surface area (Å²) >= 11 is 0. The van der Waals surface area contributed by atoms with Crippen molar-refractivity contribution in [2.24, 2.45) is 11.8 Å². The molecule has 1 saturated heterocycles. The number of hydrogen-bond donors (Lipinski definition) is 0. The summed E-state index contributed by atoms with van der Waals surface area (Å²) < 4.78 is 12.2. The predicted octanol–water partition coefficient (Wildman–Crippen LogP) is 4.49. The molecule has 3 aliphatic rings. The number of ether oxygens (including phenoxy) is 2. The van der Waals surface area contributed by atoms with Gasteiger partial charge in [0.2, 0.25) is 0 Å². The lowest BCUT2D eigenvalue weighted by molar-refractivity contribution is -0.187. The minimum absolute atomic E-state index is 0.0530. The van der Waals surface area contributed by atoms with Crippen LogP contribution < -0.4 is 0 Å². The van der Waals surface area contributed by atoms with Gasteiger partial charge in [0.05, 0.1) is 20.1 Å². The molecule has 0 spiro atoms. The number of hydrogen-bond acceptors (Lipinski definition) is 4. The molecule has 0 bridgehead atoms. The zero-order chi connectivity index (χ0) is 19.3. The van der Waals surface area contributed by atoms with Crippen molar-refractivity contribution in [2.75, 3.05) is 6.61 Å². The van der Waals surface area contributed by atoms with E-state index in [-0.39, 0.29) is 29.9 Å². The van der Waals surface area contributed by atoms with Gasteiger partial charge in [0, 0.05) is 30.1 Å². The molecule has 1 aromatic rings. The topological polar surface area (TPSA) is 52.6 Å². The Morgan fingerprint density at radius 3 is 2.41 bits per heavy atom. The van der Waals surface area contributed by atoms with Crippen LogP contribution in [-0.4, -0.2) is 38.6 Å². The fraction of sp³-hybridized carbons (Fsp3) is 0.545. The van der Waals surface area contributed by atoms with E-state index in [1.54, 1.807) is 12.1 Å². The highest BCUT2D eigenvalue weighted by Crippen LogP contribution is 2.50. The molecule has 0 radical (unpaired) electrons. The van der Waals surface area contributed by atoms with E-state index in [9.17, 15) is 9.59 Å². The van der Waals surface area contributed by atoms with Gasteiger partial charge in [-0.1, -0.05) is 50.0 Å². The van der Waals surface area contributed by atoms with Gasteiger partial charge in [-0.05, 0) is 24.5 Å². The lowest BCUT2D eigenvalue weighted by Crippen LogP contribution is -2.53. The SMILES string of the molecule is CCO[C@@H]1C[C@H]([Si](C)(C)C)C2=CC[C@H]3C(=O)c4ccccc4C(=O)[C@H]3[C@H]2O1. The third-order valence-electron chi connectivity index (χ3n) is 6.32. The Balaban J connectivity index is 1.77. The standard InChI is InChI=1S/C22H28O4Si/c1-5-25-18-12-17(27(2,3)4)15-10-11-16-19(22(15)26-18)21(24)14-9-7-6-8-13(14)20(16)23/h6-10,16-19,22H,5,11-12H2,1-4H3/t16-,17+,18+,19+,22+/m1/s1. The Labute approximate surface area is 161 Å². The van der Waals surface area contributed by atoms with Crippen LogP contribution >= 0.6 is 0 Å². The normalized spacial score (nSPS) is 33.0. The van der Waals surface area contributed by atoms with Crippen LogP contribution in [0.25, 0.3) is 0 Å². The lowest BCUT2D eigenvalue weighted by Gasteiger charge is -2.49. The van der Waals surface area contributed by atoms with Crippen molar-refractivity contribution < 1.29 is 19.1 Å². The number of ketones is 2. The number of carbonyl (C=O) groups is 2. The Morgan fingerprint density at radius 2 is 1.78 bits per heavy atom. The van der Waals surface area contributed by atoms with Crippen LogP contribution in [0.15, 0.2) is 35.9 Å². The number of allylic oxidation sites excluding steroid dienone is 1. The first-order valence-electron chi connectivity index (χ1n) is 9.97. The van der Waals surface area contributed by atoms with Gasteiger partial charge in [0.1, 0.15) is 0 Å². The monoisotopic (exact) mass is 384 g/mol. The molecular formula is C22H28O4Si. The average molecular weight is 385 g/mol. The molecule has 27 heavy (non-hydrogen) atoms. The zero-order valence-electron chi connectivity index (χ0n) is 16.5. The molecule has 5 heteroatoms. The van der Waals surface area contributed by atoms with E-state index in [1.165, 1.54) is 5.57 Å². The first-order valence-corrected chi connectivity index (χ1v) is 13.5. The van der Waals surface area contributed by atoms with E-state index >= 15 is 0 Å². The largest absolute Gasteiger partial charge is 0.353 e. The number of rotatable bonds is 3. The number of Topliss-reactive ketones (excluding diaryl/α,β-unsaturated/α-hetero) is 2. The van der Waals surface area contributed by atoms with E-state index in [1.807, 2.05) is 19.1 Å². The minimum Gasteiger partial charge on any atom is -0.353 e.